The largest absolute Gasteiger partial charge is 0.330 e. The maximum atomic E-state index is 12.0. The highest BCUT2D eigenvalue weighted by Gasteiger charge is 2.12. The van der Waals surface area contributed by atoms with Crippen LogP contribution in [0.5, 0.6) is 0 Å². The van der Waals surface area contributed by atoms with E-state index in [1.165, 1.54) is 11.3 Å². The van der Waals surface area contributed by atoms with Gasteiger partial charge in [-0.25, -0.2) is 4.98 Å². The lowest BCUT2D eigenvalue weighted by Crippen LogP contribution is -2.13. The van der Waals surface area contributed by atoms with Crippen LogP contribution in [0.15, 0.2) is 23.6 Å². The number of nitrogens with zero attached hydrogens (tertiary/aromatic N) is 1. The standard InChI is InChI=1S/C12H11ClIN3OS/c13-7-1-2-9(8(14)5-7)17-12(18)10-6-19-11(16-10)3-4-15/h1-2,5-6H,3-4,15H2,(H,17,18). The lowest BCUT2D eigenvalue weighted by atomic mass is 10.3. The number of hydrogen-bond donors (Lipinski definition) is 2. The maximum Gasteiger partial charge on any atom is 0.275 e. The number of hydrogen-bond acceptors (Lipinski definition) is 4. The minimum Gasteiger partial charge on any atom is -0.330 e. The number of halogens is 2. The van der Waals surface area contributed by atoms with Crippen LogP contribution in [0.3, 0.4) is 0 Å². The van der Waals surface area contributed by atoms with E-state index in [-0.39, 0.29) is 5.91 Å². The van der Waals surface area contributed by atoms with E-state index in [0.717, 1.165) is 14.3 Å². The van der Waals surface area contributed by atoms with Gasteiger partial charge < -0.3 is 11.1 Å². The molecular formula is C12H11ClIN3OS. The van der Waals surface area contributed by atoms with Crippen molar-refractivity contribution < 1.29 is 4.79 Å². The number of nitrogens with one attached hydrogen (secondary N) is 1. The van der Waals surface area contributed by atoms with Gasteiger partial charge in [0.25, 0.3) is 5.91 Å². The number of amides is 1. The monoisotopic (exact) mass is 407 g/mol. The molecule has 7 heteroatoms. The second-order valence-corrected chi connectivity index (χ2v) is 6.28. The fourth-order valence-electron chi connectivity index (χ4n) is 1.43. The van der Waals surface area contributed by atoms with E-state index < -0.39 is 0 Å². The summed E-state index contributed by atoms with van der Waals surface area (Å²) >= 11 is 9.44. The van der Waals surface area contributed by atoms with E-state index in [4.69, 9.17) is 17.3 Å². The molecule has 4 nitrogen and oxygen atoms in total. The molecule has 0 spiro atoms. The first-order valence-corrected chi connectivity index (χ1v) is 7.84. The molecule has 0 saturated carbocycles. The minimum absolute atomic E-state index is 0.222. The zero-order chi connectivity index (χ0) is 13.8. The van der Waals surface area contributed by atoms with Gasteiger partial charge in [0.2, 0.25) is 0 Å². The second-order valence-electron chi connectivity index (χ2n) is 3.74. The van der Waals surface area contributed by atoms with Crippen molar-refractivity contribution in [2.75, 3.05) is 11.9 Å². The highest BCUT2D eigenvalue weighted by molar-refractivity contribution is 14.1. The zero-order valence-electron chi connectivity index (χ0n) is 9.82. The summed E-state index contributed by atoms with van der Waals surface area (Å²) in [5, 5.41) is 6.07. The van der Waals surface area contributed by atoms with Crippen LogP contribution in [0.25, 0.3) is 0 Å². The summed E-state index contributed by atoms with van der Waals surface area (Å²) < 4.78 is 0.885. The van der Waals surface area contributed by atoms with Crippen LogP contribution in [0.1, 0.15) is 15.5 Å². The van der Waals surface area contributed by atoms with Crippen LogP contribution in [0.2, 0.25) is 5.02 Å². The van der Waals surface area contributed by atoms with Crippen LogP contribution in [-0.2, 0) is 6.42 Å². The average molecular weight is 408 g/mol. The van der Waals surface area contributed by atoms with Crippen LogP contribution in [0, 0.1) is 3.57 Å². The molecule has 3 N–H and O–H groups in total. The van der Waals surface area contributed by atoms with Gasteiger partial charge in [-0.2, -0.15) is 0 Å². The molecule has 0 unspecified atom stereocenters. The highest BCUT2D eigenvalue weighted by Crippen LogP contribution is 2.23. The molecule has 1 aromatic heterocycles. The Kier molecular flexibility index (Phi) is 5.14. The van der Waals surface area contributed by atoms with Gasteiger partial charge in [0.15, 0.2) is 0 Å². The Morgan fingerprint density at radius 1 is 1.53 bits per heavy atom. The van der Waals surface area contributed by atoms with Gasteiger partial charge in [-0.3, -0.25) is 4.79 Å². The Morgan fingerprint density at radius 3 is 3.00 bits per heavy atom. The summed E-state index contributed by atoms with van der Waals surface area (Å²) in [6, 6.07) is 5.30. The number of aromatic nitrogens is 1. The smallest absolute Gasteiger partial charge is 0.275 e. The first kappa shape index (κ1) is 14.7. The number of carbonyl (C=O) groups excluding carboxylic acids is 1. The van der Waals surface area contributed by atoms with Crippen molar-refractivity contribution in [3.05, 3.63) is 42.9 Å². The number of thiazole rings is 1. The quantitative estimate of drug-likeness (QED) is 0.765. The summed E-state index contributed by atoms with van der Waals surface area (Å²) in [6.45, 7) is 0.531. The summed E-state index contributed by atoms with van der Waals surface area (Å²) in [5.41, 5.74) is 6.60. The molecule has 19 heavy (non-hydrogen) atoms. The molecular weight excluding hydrogens is 397 g/mol. The predicted octanol–water partition coefficient (Wildman–Crippen LogP) is 3.15. The van der Waals surface area contributed by atoms with Crippen molar-refractivity contribution in [1.29, 1.82) is 0 Å². The Hall–Kier alpha value is -0.700. The fraction of sp³-hybridized carbons (Fsp3) is 0.167. The van der Waals surface area contributed by atoms with Crippen molar-refractivity contribution in [1.82, 2.24) is 4.98 Å². The van der Waals surface area contributed by atoms with Gasteiger partial charge in [0.05, 0.1) is 10.7 Å². The van der Waals surface area contributed by atoms with Gasteiger partial charge in [-0.15, -0.1) is 11.3 Å². The van der Waals surface area contributed by atoms with E-state index in [0.29, 0.717) is 23.7 Å². The highest BCUT2D eigenvalue weighted by atomic mass is 127. The molecule has 0 saturated heterocycles. The Bertz CT molecular complexity index is 602. The summed E-state index contributed by atoms with van der Waals surface area (Å²) in [4.78, 5) is 16.3. The molecule has 0 aliphatic rings. The lowest BCUT2D eigenvalue weighted by Gasteiger charge is -2.06. The molecule has 2 rings (SSSR count). The maximum absolute atomic E-state index is 12.0. The zero-order valence-corrected chi connectivity index (χ0v) is 13.6. The van der Waals surface area contributed by atoms with Gasteiger partial charge in [0, 0.05) is 20.4 Å². The molecule has 0 atom stereocenters. The lowest BCUT2D eigenvalue weighted by molar-refractivity contribution is 0.102. The summed E-state index contributed by atoms with van der Waals surface area (Å²) in [6.07, 6.45) is 0.691. The molecule has 0 bridgehead atoms. The molecule has 1 heterocycles. The van der Waals surface area contributed by atoms with E-state index in [1.54, 1.807) is 23.6 Å². The topological polar surface area (TPSA) is 68.0 Å². The predicted molar refractivity (Wildman–Crippen MR) is 87.0 cm³/mol. The number of anilines is 1. The molecule has 1 amide bonds. The van der Waals surface area contributed by atoms with E-state index >= 15 is 0 Å². The second kappa shape index (κ2) is 6.65. The fourth-order valence-corrected chi connectivity index (χ4v) is 3.23. The third-order valence-corrected chi connectivity index (χ3v) is 4.36. The van der Waals surface area contributed by atoms with Crippen molar-refractivity contribution in [3.63, 3.8) is 0 Å². The summed E-state index contributed by atoms with van der Waals surface area (Å²) in [5.74, 6) is -0.222. The third kappa shape index (κ3) is 3.88. The van der Waals surface area contributed by atoms with Crippen molar-refractivity contribution in [3.8, 4) is 0 Å². The van der Waals surface area contributed by atoms with E-state index in [2.05, 4.69) is 32.9 Å². The van der Waals surface area contributed by atoms with E-state index in [1.807, 2.05) is 0 Å². The average Bonchev–Trinajstić information content (AvgIpc) is 2.82. The van der Waals surface area contributed by atoms with Crippen molar-refractivity contribution >= 4 is 57.1 Å². The van der Waals surface area contributed by atoms with Gasteiger partial charge in [-0.1, -0.05) is 11.6 Å². The molecule has 0 aliphatic heterocycles. The Balaban J connectivity index is 2.11. The molecule has 0 fully saturated rings. The van der Waals surface area contributed by atoms with Gasteiger partial charge >= 0.3 is 0 Å². The van der Waals surface area contributed by atoms with Crippen molar-refractivity contribution in [2.24, 2.45) is 5.73 Å². The van der Waals surface area contributed by atoms with Crippen LogP contribution < -0.4 is 11.1 Å². The van der Waals surface area contributed by atoms with Crippen LogP contribution in [0.4, 0.5) is 5.69 Å². The first-order chi connectivity index (χ1) is 9.10. The van der Waals surface area contributed by atoms with Gasteiger partial charge in [0.1, 0.15) is 5.69 Å². The SMILES string of the molecule is NCCc1nc(C(=O)Nc2ccc(Cl)cc2I)cs1. The molecule has 100 valence electrons. The van der Waals surface area contributed by atoms with Crippen molar-refractivity contribution in [2.45, 2.75) is 6.42 Å². The van der Waals surface area contributed by atoms with Gasteiger partial charge in [-0.05, 0) is 47.3 Å². The third-order valence-electron chi connectivity index (χ3n) is 2.32. The first-order valence-electron chi connectivity index (χ1n) is 5.51. The number of benzene rings is 1. The summed E-state index contributed by atoms with van der Waals surface area (Å²) in [7, 11) is 0. The number of carbonyl (C=O) groups is 1. The normalized spacial score (nSPS) is 10.5. The minimum atomic E-state index is -0.222. The molecule has 2 aromatic rings. The molecule has 0 aliphatic carbocycles. The van der Waals surface area contributed by atoms with Crippen LogP contribution in [-0.4, -0.2) is 17.4 Å². The Morgan fingerprint density at radius 2 is 2.32 bits per heavy atom. The Labute approximate surface area is 133 Å². The van der Waals surface area contributed by atoms with Crippen LogP contribution >= 0.6 is 45.5 Å². The molecule has 1 aromatic carbocycles. The molecule has 0 radical (unpaired) electrons. The number of rotatable bonds is 4. The van der Waals surface area contributed by atoms with E-state index in [9.17, 15) is 4.79 Å². The number of nitrogens with two attached hydrogens (primary N) is 1.